The van der Waals surface area contributed by atoms with Crippen molar-refractivity contribution in [3.8, 4) is 16.9 Å². The van der Waals surface area contributed by atoms with E-state index < -0.39 is 11.3 Å². The third-order valence-electron chi connectivity index (χ3n) is 5.38. The van der Waals surface area contributed by atoms with Gasteiger partial charge in [0.25, 0.3) is 5.91 Å². The average Bonchev–Trinajstić information content (AvgIpc) is 3.32. The number of hydrogen-bond donors (Lipinski definition) is 2. The Morgan fingerprint density at radius 1 is 1.18 bits per heavy atom. The lowest BCUT2D eigenvalue weighted by molar-refractivity contribution is 0.0785. The summed E-state index contributed by atoms with van der Waals surface area (Å²) in [6.07, 6.45) is 2.57. The van der Waals surface area contributed by atoms with Crippen molar-refractivity contribution in [3.05, 3.63) is 78.0 Å². The molecule has 1 aromatic heterocycles. The molecule has 4 aromatic rings. The van der Waals surface area contributed by atoms with Gasteiger partial charge in [-0.3, -0.25) is 14.1 Å². The van der Waals surface area contributed by atoms with E-state index in [1.54, 1.807) is 48.5 Å². The molecule has 8 nitrogen and oxygen atoms in total. The number of benzene rings is 3. The van der Waals surface area contributed by atoms with Crippen molar-refractivity contribution in [2.24, 2.45) is 0 Å². The molecule has 1 amide bonds. The first-order chi connectivity index (χ1) is 16.5. The second kappa shape index (κ2) is 10.5. The van der Waals surface area contributed by atoms with Crippen LogP contribution in [0.4, 0.5) is 5.69 Å². The van der Waals surface area contributed by atoms with Crippen LogP contribution in [-0.4, -0.2) is 43.4 Å². The Kier molecular flexibility index (Phi) is 7.24. The van der Waals surface area contributed by atoms with Crippen LogP contribution in [0.25, 0.3) is 22.0 Å². The van der Waals surface area contributed by atoms with E-state index in [1.165, 1.54) is 0 Å². The second-order valence-electron chi connectivity index (χ2n) is 7.89. The number of amides is 1. The zero-order chi connectivity index (χ0) is 24.1. The quantitative estimate of drug-likeness (QED) is 0.345. The largest absolute Gasteiger partial charge is 0.755 e. The Bertz CT molecular complexity index is 1340. The van der Waals surface area contributed by atoms with Gasteiger partial charge in [0, 0.05) is 47.1 Å². The molecule has 4 rings (SSSR count). The third kappa shape index (κ3) is 5.27. The van der Waals surface area contributed by atoms with Gasteiger partial charge in [0.05, 0.1) is 18.3 Å². The lowest BCUT2D eigenvalue weighted by atomic mass is 10.0. The minimum atomic E-state index is -2.42. The zero-order valence-electron chi connectivity index (χ0n) is 18.9. The smallest absolute Gasteiger partial charge is 0.254 e. The summed E-state index contributed by atoms with van der Waals surface area (Å²) in [4.78, 5) is 14.9. The Morgan fingerprint density at radius 3 is 2.79 bits per heavy atom. The fourth-order valence-electron chi connectivity index (χ4n) is 3.78. The summed E-state index contributed by atoms with van der Waals surface area (Å²) in [6.45, 7) is 2.92. The van der Waals surface area contributed by atoms with Crippen LogP contribution < -0.4 is 9.46 Å². The van der Waals surface area contributed by atoms with Gasteiger partial charge in [0.2, 0.25) is 0 Å². The molecule has 0 saturated carbocycles. The first-order valence-electron chi connectivity index (χ1n) is 10.9. The molecule has 0 bridgehead atoms. The molecule has 0 spiro atoms. The van der Waals surface area contributed by atoms with E-state index in [0.717, 1.165) is 34.0 Å². The molecular formula is C25H25N4O4S-. The van der Waals surface area contributed by atoms with Crippen LogP contribution in [0.5, 0.6) is 5.75 Å². The number of hydrogen-bond acceptors (Lipinski definition) is 5. The molecule has 3 aromatic carbocycles. The van der Waals surface area contributed by atoms with Gasteiger partial charge in [-0.1, -0.05) is 37.3 Å². The predicted molar refractivity (Wildman–Crippen MR) is 132 cm³/mol. The Balaban J connectivity index is 1.61. The highest BCUT2D eigenvalue weighted by atomic mass is 32.2. The second-order valence-corrected chi connectivity index (χ2v) is 8.56. The molecule has 2 N–H and O–H groups in total. The van der Waals surface area contributed by atoms with Crippen LogP contribution in [0.15, 0.2) is 66.9 Å². The number of nitrogens with one attached hydrogen (secondary N) is 2. The number of carbonyl (C=O) groups excluding carboxylic acids is 1. The highest BCUT2D eigenvalue weighted by Crippen LogP contribution is 2.33. The van der Waals surface area contributed by atoms with Crippen LogP contribution in [-0.2, 0) is 17.8 Å². The van der Waals surface area contributed by atoms with E-state index >= 15 is 0 Å². The van der Waals surface area contributed by atoms with Crippen LogP contribution in [0.2, 0.25) is 0 Å². The SMILES string of the molecule is CCCOc1cc(C(=O)N(C)Cc2cccc3cn[nH]c23)ccc1-c1cccc(NS(=O)[O-])c1. The lowest BCUT2D eigenvalue weighted by Crippen LogP contribution is -2.26. The number of rotatable bonds is 9. The number of H-pyrrole nitrogens is 1. The molecule has 1 atom stereocenters. The van der Waals surface area contributed by atoms with E-state index in [9.17, 15) is 13.6 Å². The number of ether oxygens (including phenoxy) is 1. The van der Waals surface area contributed by atoms with E-state index in [1.807, 2.05) is 37.3 Å². The minimum absolute atomic E-state index is 0.137. The number of aromatic amines is 1. The first kappa shape index (κ1) is 23.5. The normalized spacial score (nSPS) is 11.9. The summed E-state index contributed by atoms with van der Waals surface area (Å²) in [5.41, 5.74) is 4.39. The predicted octanol–water partition coefficient (Wildman–Crippen LogP) is 4.50. The lowest BCUT2D eigenvalue weighted by Gasteiger charge is -2.19. The van der Waals surface area contributed by atoms with Gasteiger partial charge in [-0.05, 0) is 47.9 Å². The van der Waals surface area contributed by atoms with Gasteiger partial charge >= 0.3 is 0 Å². The molecule has 0 radical (unpaired) electrons. The maximum Gasteiger partial charge on any atom is 0.254 e. The number of fused-ring (bicyclic) bond motifs is 1. The third-order valence-corrected chi connectivity index (χ3v) is 5.78. The van der Waals surface area contributed by atoms with Crippen molar-refractivity contribution >= 4 is 33.8 Å². The van der Waals surface area contributed by atoms with Gasteiger partial charge in [-0.2, -0.15) is 5.10 Å². The summed E-state index contributed by atoms with van der Waals surface area (Å²) < 4.78 is 30.4. The number of anilines is 1. The summed E-state index contributed by atoms with van der Waals surface area (Å²) in [5, 5.41) is 8.08. The van der Waals surface area contributed by atoms with Crippen molar-refractivity contribution < 1.29 is 18.3 Å². The van der Waals surface area contributed by atoms with E-state index in [0.29, 0.717) is 30.2 Å². The van der Waals surface area contributed by atoms with E-state index in [4.69, 9.17) is 4.74 Å². The van der Waals surface area contributed by atoms with Crippen molar-refractivity contribution in [2.45, 2.75) is 19.9 Å². The van der Waals surface area contributed by atoms with Gasteiger partial charge in [-0.15, -0.1) is 0 Å². The number of aromatic nitrogens is 2. The van der Waals surface area contributed by atoms with Gasteiger partial charge in [0.15, 0.2) is 0 Å². The maximum absolute atomic E-state index is 13.2. The molecule has 0 aliphatic carbocycles. The van der Waals surface area contributed by atoms with Gasteiger partial charge in [-0.25, -0.2) is 0 Å². The standard InChI is InChI=1S/C25H26N4O4S/c1-3-12-33-23-14-18(10-11-22(23)17-6-5-9-21(13-17)28-34(31)32)25(30)29(2)16-20-8-4-7-19-15-26-27-24(19)20/h4-11,13-15,28H,3,12,16H2,1-2H3,(H,26,27)(H,31,32)/p-1. The van der Waals surface area contributed by atoms with Crippen molar-refractivity contribution in [3.63, 3.8) is 0 Å². The maximum atomic E-state index is 13.2. The van der Waals surface area contributed by atoms with E-state index in [2.05, 4.69) is 14.9 Å². The molecule has 0 aliphatic rings. The highest BCUT2D eigenvalue weighted by molar-refractivity contribution is 7.80. The van der Waals surface area contributed by atoms with Crippen LogP contribution >= 0.6 is 0 Å². The number of nitrogens with zero attached hydrogens (tertiary/aromatic N) is 2. The van der Waals surface area contributed by atoms with Gasteiger partial charge < -0.3 is 18.9 Å². The minimum Gasteiger partial charge on any atom is -0.755 e. The molecule has 34 heavy (non-hydrogen) atoms. The molecule has 9 heteroatoms. The van der Waals surface area contributed by atoms with E-state index in [-0.39, 0.29) is 5.91 Å². The highest BCUT2D eigenvalue weighted by Gasteiger charge is 2.17. The first-order valence-corrected chi connectivity index (χ1v) is 11.9. The van der Waals surface area contributed by atoms with Crippen LogP contribution in [0.3, 0.4) is 0 Å². The average molecular weight is 478 g/mol. The molecule has 176 valence electrons. The van der Waals surface area contributed by atoms with Crippen LogP contribution in [0.1, 0.15) is 29.3 Å². The fraction of sp³-hybridized carbons (Fsp3) is 0.200. The van der Waals surface area contributed by atoms with Crippen molar-refractivity contribution in [1.82, 2.24) is 15.1 Å². The fourth-order valence-corrected chi connectivity index (χ4v) is 4.10. The molecule has 0 aliphatic heterocycles. The van der Waals surface area contributed by atoms with Gasteiger partial charge in [0.1, 0.15) is 5.75 Å². The Hall–Kier alpha value is -3.69. The van der Waals surface area contributed by atoms with Crippen molar-refractivity contribution in [1.29, 1.82) is 0 Å². The summed E-state index contributed by atoms with van der Waals surface area (Å²) in [6, 6.07) is 18.2. The van der Waals surface area contributed by atoms with Crippen LogP contribution in [0, 0.1) is 0 Å². The molecule has 0 saturated heterocycles. The number of para-hydroxylation sites is 1. The number of carbonyl (C=O) groups is 1. The molecule has 1 unspecified atom stereocenters. The van der Waals surface area contributed by atoms with Crippen molar-refractivity contribution in [2.75, 3.05) is 18.4 Å². The zero-order valence-corrected chi connectivity index (χ0v) is 19.7. The summed E-state index contributed by atoms with van der Waals surface area (Å²) in [5.74, 6) is 0.429. The Labute approximate surface area is 200 Å². The molecule has 0 fully saturated rings. The summed E-state index contributed by atoms with van der Waals surface area (Å²) >= 11 is -2.42. The monoisotopic (exact) mass is 477 g/mol. The topological polar surface area (TPSA) is 110 Å². The molecular weight excluding hydrogens is 452 g/mol. The Morgan fingerprint density at radius 2 is 2.00 bits per heavy atom. The summed E-state index contributed by atoms with van der Waals surface area (Å²) in [7, 11) is 1.76. The molecule has 1 heterocycles.